The Hall–Kier alpha value is -2.01. The van der Waals surface area contributed by atoms with Gasteiger partial charge in [0.05, 0.1) is 9.79 Å². The lowest BCUT2D eigenvalue weighted by molar-refractivity contribution is 0.174. The highest BCUT2D eigenvalue weighted by Gasteiger charge is 2.21. The second-order valence-corrected chi connectivity index (χ2v) is 5.78. The Morgan fingerprint density at radius 1 is 0.833 bits per heavy atom. The Morgan fingerprint density at radius 2 is 1.56 bits per heavy atom. The standard InChI is InChI=1S/C13H10O4S/c14-18(15,10-4-2-1-3-5-10)11-6-7-12-13(8-11)17-9-16-12/h1-8H,9H2. The van der Waals surface area contributed by atoms with E-state index in [9.17, 15) is 8.42 Å². The molecule has 0 aliphatic carbocycles. The van der Waals surface area contributed by atoms with Crippen molar-refractivity contribution in [3.63, 3.8) is 0 Å². The zero-order valence-electron chi connectivity index (χ0n) is 9.37. The van der Waals surface area contributed by atoms with Gasteiger partial charge in [-0.25, -0.2) is 8.42 Å². The Balaban J connectivity index is 2.10. The first kappa shape index (κ1) is 11.1. The lowest BCUT2D eigenvalue weighted by atomic mass is 10.3. The van der Waals surface area contributed by atoms with Crippen LogP contribution >= 0.6 is 0 Å². The molecule has 3 rings (SSSR count). The quantitative estimate of drug-likeness (QED) is 0.833. The Morgan fingerprint density at radius 3 is 2.33 bits per heavy atom. The number of fused-ring (bicyclic) bond motifs is 1. The Bertz CT molecular complexity index is 677. The summed E-state index contributed by atoms with van der Waals surface area (Å²) in [6.45, 7) is 0.129. The van der Waals surface area contributed by atoms with Crippen molar-refractivity contribution in [1.29, 1.82) is 0 Å². The van der Waals surface area contributed by atoms with E-state index in [2.05, 4.69) is 0 Å². The predicted octanol–water partition coefficient (Wildman–Crippen LogP) is 2.25. The van der Waals surface area contributed by atoms with Crippen LogP contribution in [0.4, 0.5) is 0 Å². The number of benzene rings is 2. The fraction of sp³-hybridized carbons (Fsp3) is 0.0769. The number of sulfone groups is 1. The summed E-state index contributed by atoms with van der Waals surface area (Å²) >= 11 is 0. The SMILES string of the molecule is O=S(=O)(c1ccccc1)c1ccc2c(c1)OCO2. The maximum atomic E-state index is 12.3. The third-order valence-electron chi connectivity index (χ3n) is 2.71. The monoisotopic (exact) mass is 262 g/mol. The molecule has 0 N–H and O–H groups in total. The largest absolute Gasteiger partial charge is 0.454 e. The molecular weight excluding hydrogens is 252 g/mol. The van der Waals surface area contributed by atoms with Crippen molar-refractivity contribution in [3.05, 3.63) is 48.5 Å². The van der Waals surface area contributed by atoms with Gasteiger partial charge in [-0.2, -0.15) is 0 Å². The van der Waals surface area contributed by atoms with Crippen LogP contribution in [0.1, 0.15) is 0 Å². The van der Waals surface area contributed by atoms with Gasteiger partial charge in [0.15, 0.2) is 11.5 Å². The van der Waals surface area contributed by atoms with Crippen molar-refractivity contribution >= 4 is 9.84 Å². The minimum atomic E-state index is -3.50. The van der Waals surface area contributed by atoms with Crippen LogP contribution < -0.4 is 9.47 Å². The Labute approximate surface area is 105 Å². The van der Waals surface area contributed by atoms with Crippen molar-refractivity contribution in [2.75, 3.05) is 6.79 Å². The summed E-state index contributed by atoms with van der Waals surface area (Å²) in [7, 11) is -3.50. The fourth-order valence-corrected chi connectivity index (χ4v) is 3.08. The van der Waals surface area contributed by atoms with Crippen LogP contribution in [0.15, 0.2) is 58.3 Å². The van der Waals surface area contributed by atoms with Crippen molar-refractivity contribution in [3.8, 4) is 11.5 Å². The maximum absolute atomic E-state index is 12.3. The van der Waals surface area contributed by atoms with Gasteiger partial charge in [0.1, 0.15) is 0 Å². The second-order valence-electron chi connectivity index (χ2n) is 3.83. The van der Waals surface area contributed by atoms with Crippen molar-refractivity contribution in [2.24, 2.45) is 0 Å². The summed E-state index contributed by atoms with van der Waals surface area (Å²) in [5.41, 5.74) is 0. The summed E-state index contributed by atoms with van der Waals surface area (Å²) in [6, 6.07) is 12.9. The van der Waals surface area contributed by atoms with Crippen LogP contribution in [0.25, 0.3) is 0 Å². The fourth-order valence-electron chi connectivity index (χ4n) is 1.78. The van der Waals surface area contributed by atoms with Crippen molar-refractivity contribution < 1.29 is 17.9 Å². The van der Waals surface area contributed by atoms with E-state index < -0.39 is 9.84 Å². The molecule has 1 aliphatic rings. The number of hydrogen-bond donors (Lipinski definition) is 0. The zero-order chi connectivity index (χ0) is 12.6. The molecule has 0 aromatic heterocycles. The summed E-state index contributed by atoms with van der Waals surface area (Å²) in [4.78, 5) is 0.474. The molecule has 0 atom stereocenters. The van der Waals surface area contributed by atoms with Gasteiger partial charge in [-0.1, -0.05) is 18.2 Å². The van der Waals surface area contributed by atoms with E-state index in [0.29, 0.717) is 11.5 Å². The van der Waals surface area contributed by atoms with Gasteiger partial charge in [0.2, 0.25) is 16.6 Å². The zero-order valence-corrected chi connectivity index (χ0v) is 10.2. The average molecular weight is 262 g/mol. The molecule has 0 saturated heterocycles. The summed E-state index contributed by atoms with van der Waals surface area (Å²) in [6.07, 6.45) is 0. The van der Waals surface area contributed by atoms with Crippen LogP contribution in [0.3, 0.4) is 0 Å². The van der Waals surface area contributed by atoms with Gasteiger partial charge in [-0.3, -0.25) is 0 Å². The molecule has 2 aromatic carbocycles. The van der Waals surface area contributed by atoms with E-state index in [1.165, 1.54) is 12.1 Å². The summed E-state index contributed by atoms with van der Waals surface area (Å²) in [5, 5.41) is 0. The van der Waals surface area contributed by atoms with E-state index in [0.717, 1.165) is 0 Å². The van der Waals surface area contributed by atoms with Gasteiger partial charge in [-0.15, -0.1) is 0 Å². The highest BCUT2D eigenvalue weighted by Crippen LogP contribution is 2.35. The molecule has 18 heavy (non-hydrogen) atoms. The first-order valence-electron chi connectivity index (χ1n) is 5.38. The summed E-state index contributed by atoms with van der Waals surface area (Å²) in [5.74, 6) is 1.04. The molecular formula is C13H10O4S. The molecule has 0 amide bonds. The van der Waals surface area contributed by atoms with Crippen molar-refractivity contribution in [1.82, 2.24) is 0 Å². The molecule has 0 saturated carbocycles. The molecule has 0 radical (unpaired) electrons. The average Bonchev–Trinajstić information content (AvgIpc) is 2.87. The molecule has 0 bridgehead atoms. The molecule has 1 heterocycles. The molecule has 92 valence electrons. The van der Waals surface area contributed by atoms with E-state index in [1.807, 2.05) is 0 Å². The van der Waals surface area contributed by atoms with Crippen LogP contribution in [-0.4, -0.2) is 15.2 Å². The van der Waals surface area contributed by atoms with E-state index in [1.54, 1.807) is 36.4 Å². The molecule has 0 spiro atoms. The number of hydrogen-bond acceptors (Lipinski definition) is 4. The van der Waals surface area contributed by atoms with Gasteiger partial charge < -0.3 is 9.47 Å². The van der Waals surface area contributed by atoms with Gasteiger partial charge in [0, 0.05) is 6.07 Å². The van der Waals surface area contributed by atoms with Crippen molar-refractivity contribution in [2.45, 2.75) is 9.79 Å². The Kier molecular flexibility index (Phi) is 2.48. The van der Waals surface area contributed by atoms with E-state index in [-0.39, 0.29) is 16.6 Å². The minimum Gasteiger partial charge on any atom is -0.454 e. The van der Waals surface area contributed by atoms with E-state index in [4.69, 9.17) is 9.47 Å². The maximum Gasteiger partial charge on any atom is 0.231 e. The van der Waals surface area contributed by atoms with Gasteiger partial charge >= 0.3 is 0 Å². The normalized spacial score (nSPS) is 13.6. The van der Waals surface area contributed by atoms with Crippen LogP contribution in [-0.2, 0) is 9.84 Å². The van der Waals surface area contributed by atoms with Crippen LogP contribution in [0.2, 0.25) is 0 Å². The smallest absolute Gasteiger partial charge is 0.231 e. The minimum absolute atomic E-state index is 0.129. The lowest BCUT2D eigenvalue weighted by Gasteiger charge is -2.05. The molecule has 5 heteroatoms. The lowest BCUT2D eigenvalue weighted by Crippen LogP contribution is -2.01. The highest BCUT2D eigenvalue weighted by molar-refractivity contribution is 7.91. The molecule has 1 aliphatic heterocycles. The first-order valence-corrected chi connectivity index (χ1v) is 6.86. The van der Waals surface area contributed by atoms with E-state index >= 15 is 0 Å². The topological polar surface area (TPSA) is 52.6 Å². The third kappa shape index (κ3) is 1.73. The summed E-state index contributed by atoms with van der Waals surface area (Å²) < 4.78 is 35.0. The molecule has 2 aromatic rings. The van der Waals surface area contributed by atoms with Crippen LogP contribution in [0, 0.1) is 0 Å². The first-order chi connectivity index (χ1) is 8.68. The predicted molar refractivity (Wildman–Crippen MR) is 64.5 cm³/mol. The molecule has 4 nitrogen and oxygen atoms in total. The second kappa shape index (κ2) is 4.03. The van der Waals surface area contributed by atoms with Gasteiger partial charge in [0.25, 0.3) is 0 Å². The third-order valence-corrected chi connectivity index (χ3v) is 4.48. The number of ether oxygens (including phenoxy) is 2. The molecule has 0 unspecified atom stereocenters. The van der Waals surface area contributed by atoms with Crippen LogP contribution in [0.5, 0.6) is 11.5 Å². The number of rotatable bonds is 2. The van der Waals surface area contributed by atoms with Gasteiger partial charge in [-0.05, 0) is 24.3 Å². The molecule has 0 fully saturated rings. The highest BCUT2D eigenvalue weighted by atomic mass is 32.2.